The molecule has 0 aromatic carbocycles. The number of fused-ring (bicyclic) bond motifs is 1. The molecule has 2 atom stereocenters. The Kier molecular flexibility index (Phi) is 2.79. The summed E-state index contributed by atoms with van der Waals surface area (Å²) >= 11 is 4.80. The molecule has 1 aliphatic rings. The van der Waals surface area contributed by atoms with Gasteiger partial charge in [-0.2, -0.15) is 0 Å². The number of nitrogens with one attached hydrogen (secondary N) is 1. The van der Waals surface area contributed by atoms with Crippen molar-refractivity contribution in [2.75, 3.05) is 0 Å². The second-order valence-electron chi connectivity index (χ2n) is 3.67. The van der Waals surface area contributed by atoms with E-state index in [4.69, 9.17) is 12.2 Å². The van der Waals surface area contributed by atoms with Gasteiger partial charge in [0.1, 0.15) is 0 Å². The van der Waals surface area contributed by atoms with Crippen LogP contribution in [0.5, 0.6) is 0 Å². The molecule has 0 unspecified atom stereocenters. The lowest BCUT2D eigenvalue weighted by Gasteiger charge is -2.27. The molecule has 0 saturated heterocycles. The highest BCUT2D eigenvalue weighted by Crippen LogP contribution is 2.34. The summed E-state index contributed by atoms with van der Waals surface area (Å²) in [5.74, 6) is -0.805. The van der Waals surface area contributed by atoms with Crippen LogP contribution in [0.3, 0.4) is 0 Å². The highest BCUT2D eigenvalue weighted by molar-refractivity contribution is 7.71. The first-order chi connectivity index (χ1) is 7.08. The van der Waals surface area contributed by atoms with Crippen molar-refractivity contribution in [3.05, 3.63) is 22.2 Å². The number of rotatable bonds is 1. The SMILES string of the molecule is O[C@H]1C[C@H](C(F)F)Cc2[nH]c(=S)ncc21. The van der Waals surface area contributed by atoms with E-state index in [2.05, 4.69) is 9.97 Å². The van der Waals surface area contributed by atoms with Gasteiger partial charge in [-0.05, 0) is 25.1 Å². The fourth-order valence-corrected chi connectivity index (χ4v) is 2.02. The van der Waals surface area contributed by atoms with Crippen LogP contribution in [0, 0.1) is 10.7 Å². The third kappa shape index (κ3) is 2.05. The minimum atomic E-state index is -2.41. The van der Waals surface area contributed by atoms with Crippen molar-refractivity contribution >= 4 is 12.2 Å². The summed E-state index contributed by atoms with van der Waals surface area (Å²) in [5, 5.41) is 9.64. The van der Waals surface area contributed by atoms with E-state index in [1.54, 1.807) is 0 Å². The van der Waals surface area contributed by atoms with Crippen molar-refractivity contribution in [3.63, 3.8) is 0 Å². The van der Waals surface area contributed by atoms with Gasteiger partial charge in [-0.25, -0.2) is 13.8 Å². The molecule has 82 valence electrons. The largest absolute Gasteiger partial charge is 0.388 e. The Morgan fingerprint density at radius 2 is 2.33 bits per heavy atom. The van der Waals surface area contributed by atoms with Crippen LogP contribution in [0.2, 0.25) is 0 Å². The summed E-state index contributed by atoms with van der Waals surface area (Å²) in [6, 6.07) is 0. The summed E-state index contributed by atoms with van der Waals surface area (Å²) in [5.41, 5.74) is 1.17. The summed E-state index contributed by atoms with van der Waals surface area (Å²) in [4.78, 5) is 6.58. The number of aliphatic hydroxyl groups is 1. The Morgan fingerprint density at radius 3 is 3.00 bits per heavy atom. The molecule has 0 saturated carbocycles. The third-order valence-electron chi connectivity index (χ3n) is 2.63. The van der Waals surface area contributed by atoms with Crippen LogP contribution in [0.15, 0.2) is 6.20 Å². The molecule has 15 heavy (non-hydrogen) atoms. The lowest BCUT2D eigenvalue weighted by Crippen LogP contribution is -2.25. The number of hydrogen-bond donors (Lipinski definition) is 2. The quantitative estimate of drug-likeness (QED) is 0.728. The van der Waals surface area contributed by atoms with Gasteiger partial charge in [-0.1, -0.05) is 0 Å². The minimum absolute atomic E-state index is 0.0803. The normalized spacial score (nSPS) is 25.3. The number of aliphatic hydroxyl groups excluding tert-OH is 1. The molecule has 0 radical (unpaired) electrons. The highest BCUT2D eigenvalue weighted by Gasteiger charge is 2.31. The number of halogens is 2. The van der Waals surface area contributed by atoms with Gasteiger partial charge in [-0.15, -0.1) is 0 Å². The van der Waals surface area contributed by atoms with Gasteiger partial charge in [0.2, 0.25) is 6.43 Å². The first-order valence-corrected chi connectivity index (χ1v) is 5.03. The first-order valence-electron chi connectivity index (χ1n) is 4.62. The summed E-state index contributed by atoms with van der Waals surface area (Å²) in [7, 11) is 0. The lowest BCUT2D eigenvalue weighted by atomic mass is 9.86. The Morgan fingerprint density at radius 1 is 1.60 bits per heavy atom. The van der Waals surface area contributed by atoms with Gasteiger partial charge < -0.3 is 10.1 Å². The van der Waals surface area contributed by atoms with Crippen LogP contribution < -0.4 is 0 Å². The van der Waals surface area contributed by atoms with Crippen LogP contribution >= 0.6 is 12.2 Å². The number of hydrogen-bond acceptors (Lipinski definition) is 3. The van der Waals surface area contributed by atoms with Crippen molar-refractivity contribution in [1.29, 1.82) is 0 Å². The maximum atomic E-state index is 12.5. The summed E-state index contributed by atoms with van der Waals surface area (Å²) in [6.45, 7) is 0. The van der Waals surface area contributed by atoms with Gasteiger partial charge in [0, 0.05) is 23.4 Å². The molecule has 1 aromatic heterocycles. The van der Waals surface area contributed by atoms with Crippen molar-refractivity contribution in [1.82, 2.24) is 9.97 Å². The maximum absolute atomic E-state index is 12.5. The number of aromatic nitrogens is 2. The molecule has 2 N–H and O–H groups in total. The molecule has 1 aromatic rings. The second kappa shape index (κ2) is 3.94. The predicted octanol–water partition coefficient (Wildman–Crippen LogP) is 2.00. The fraction of sp³-hybridized carbons (Fsp3) is 0.556. The average molecular weight is 232 g/mol. The van der Waals surface area contributed by atoms with Gasteiger partial charge in [0.25, 0.3) is 0 Å². The van der Waals surface area contributed by atoms with E-state index >= 15 is 0 Å². The van der Waals surface area contributed by atoms with Crippen LogP contribution in [0.4, 0.5) is 8.78 Å². The minimum Gasteiger partial charge on any atom is -0.388 e. The molecule has 0 aliphatic heterocycles. The molecule has 0 amide bonds. The summed E-state index contributed by atoms with van der Waals surface area (Å²) in [6.07, 6.45) is -1.52. The zero-order chi connectivity index (χ0) is 11.0. The smallest absolute Gasteiger partial charge is 0.241 e. The Bertz CT molecular complexity index is 421. The van der Waals surface area contributed by atoms with Crippen molar-refractivity contribution in [2.24, 2.45) is 5.92 Å². The molecule has 1 aliphatic carbocycles. The Hall–Kier alpha value is -0.880. The predicted molar refractivity (Wildman–Crippen MR) is 52.2 cm³/mol. The molecule has 0 spiro atoms. The van der Waals surface area contributed by atoms with E-state index < -0.39 is 18.4 Å². The van der Waals surface area contributed by atoms with E-state index in [-0.39, 0.29) is 17.6 Å². The first kappa shape index (κ1) is 10.6. The highest BCUT2D eigenvalue weighted by atomic mass is 32.1. The van der Waals surface area contributed by atoms with Crippen LogP contribution in [0.25, 0.3) is 0 Å². The van der Waals surface area contributed by atoms with E-state index in [1.165, 1.54) is 6.20 Å². The zero-order valence-corrected chi connectivity index (χ0v) is 8.60. The maximum Gasteiger partial charge on any atom is 0.241 e. The van der Waals surface area contributed by atoms with Gasteiger partial charge in [0.05, 0.1) is 6.10 Å². The molecular formula is C9H10F2N2OS. The second-order valence-corrected chi connectivity index (χ2v) is 4.06. The van der Waals surface area contributed by atoms with E-state index in [9.17, 15) is 13.9 Å². The summed E-state index contributed by atoms with van der Waals surface area (Å²) < 4.78 is 25.3. The van der Waals surface area contributed by atoms with Crippen molar-refractivity contribution in [3.8, 4) is 0 Å². The van der Waals surface area contributed by atoms with Crippen molar-refractivity contribution < 1.29 is 13.9 Å². The molecule has 0 bridgehead atoms. The monoisotopic (exact) mass is 232 g/mol. The van der Waals surface area contributed by atoms with Crippen molar-refractivity contribution in [2.45, 2.75) is 25.4 Å². The number of alkyl halides is 2. The van der Waals surface area contributed by atoms with E-state index in [0.717, 1.165) is 0 Å². The molecule has 2 rings (SSSR count). The Balaban J connectivity index is 2.37. The lowest BCUT2D eigenvalue weighted by molar-refractivity contribution is 0.0290. The number of nitrogens with zero attached hydrogens (tertiary/aromatic N) is 1. The van der Waals surface area contributed by atoms with E-state index in [1.807, 2.05) is 0 Å². The van der Waals surface area contributed by atoms with E-state index in [0.29, 0.717) is 11.3 Å². The Labute approximate surface area is 90.2 Å². The molecule has 6 heteroatoms. The van der Waals surface area contributed by atoms with Crippen LogP contribution in [-0.4, -0.2) is 21.5 Å². The third-order valence-corrected chi connectivity index (χ3v) is 2.84. The molecule has 3 nitrogen and oxygen atoms in total. The van der Waals surface area contributed by atoms with Gasteiger partial charge >= 0.3 is 0 Å². The molecular weight excluding hydrogens is 222 g/mol. The van der Waals surface area contributed by atoms with Gasteiger partial charge in [0.15, 0.2) is 4.77 Å². The molecule has 1 heterocycles. The number of aromatic amines is 1. The fourth-order valence-electron chi connectivity index (χ4n) is 1.85. The zero-order valence-electron chi connectivity index (χ0n) is 7.78. The van der Waals surface area contributed by atoms with Gasteiger partial charge in [-0.3, -0.25) is 0 Å². The van der Waals surface area contributed by atoms with Crippen LogP contribution in [0.1, 0.15) is 23.8 Å². The average Bonchev–Trinajstić information content (AvgIpc) is 2.16. The topological polar surface area (TPSA) is 48.9 Å². The standard InChI is InChI=1S/C9H10F2N2OS/c10-8(11)4-1-6-5(7(14)2-4)3-12-9(15)13-6/h3-4,7-8,14H,1-2H2,(H,12,13,15)/t4-,7+/m1/s1. The van der Waals surface area contributed by atoms with Crippen LogP contribution in [-0.2, 0) is 6.42 Å². The molecule has 0 fully saturated rings. The number of H-pyrrole nitrogens is 1.